The van der Waals surface area contributed by atoms with Crippen molar-refractivity contribution in [3.8, 4) is 0 Å². The zero-order chi connectivity index (χ0) is 35.2. The van der Waals surface area contributed by atoms with Crippen LogP contribution in [0.15, 0.2) is 0 Å². The van der Waals surface area contributed by atoms with Crippen molar-refractivity contribution in [2.24, 2.45) is 0 Å². The van der Waals surface area contributed by atoms with Gasteiger partial charge in [-0.25, -0.2) is 0 Å². The molecule has 0 aliphatic carbocycles. The van der Waals surface area contributed by atoms with E-state index in [1.807, 2.05) is 0 Å². The summed E-state index contributed by atoms with van der Waals surface area (Å²) in [5, 5.41) is 39.3. The Hall–Kier alpha value is 0.563. The van der Waals surface area contributed by atoms with E-state index in [2.05, 4.69) is 13.8 Å². The van der Waals surface area contributed by atoms with Crippen molar-refractivity contribution in [1.82, 2.24) is 0 Å². The Bertz CT molecular complexity index is 382. The number of hydrogen-bond acceptors (Lipinski definition) is 8. The molecule has 0 aromatic rings. The molecule has 9 heteroatoms. The molecule has 0 fully saturated rings. The summed E-state index contributed by atoms with van der Waals surface area (Å²) in [5.74, 6) is 0. The Labute approximate surface area is 312 Å². The Morgan fingerprint density at radius 3 is 0.745 bits per heavy atom. The van der Waals surface area contributed by atoms with Gasteiger partial charge < -0.3 is 39.4 Å². The third kappa shape index (κ3) is 87.2. The summed E-state index contributed by atoms with van der Waals surface area (Å²) in [6.07, 6.45) is 26.2. The van der Waals surface area contributed by atoms with Gasteiger partial charge in [-0.15, -0.1) is 25.4 Å². The molecule has 8 nitrogen and oxygen atoms in total. The minimum atomic E-state index is -0.417. The summed E-state index contributed by atoms with van der Waals surface area (Å²) in [4.78, 5) is 0. The van der Waals surface area contributed by atoms with E-state index < -0.39 is 12.2 Å². The quantitative estimate of drug-likeness (QED) is 0.0753. The molecule has 284 valence electrons. The average Bonchev–Trinajstić information content (AvgIpc) is 3.01. The maximum Gasteiger partial charge on any atom is 4.00 e. The second-order valence-electron chi connectivity index (χ2n) is 12.3. The van der Waals surface area contributed by atoms with Crippen molar-refractivity contribution in [2.75, 3.05) is 66.1 Å². The molecule has 0 aliphatic rings. The van der Waals surface area contributed by atoms with Gasteiger partial charge in [-0.05, 0) is 12.8 Å². The number of unbranched alkanes of at least 4 members (excludes halogenated alkanes) is 18. The minimum Gasteiger partial charge on any atom is -0.853 e. The Balaban J connectivity index is -0.000000200. The zero-order valence-corrected chi connectivity index (χ0v) is 34.6. The first-order chi connectivity index (χ1) is 22.3. The molecule has 0 aromatic heterocycles. The molecule has 0 bridgehead atoms. The summed E-state index contributed by atoms with van der Waals surface area (Å²) in [7, 11) is 0. The second kappa shape index (κ2) is 58.7. The monoisotopic (exact) mass is 754 g/mol. The molecule has 0 N–H and O–H groups in total. The van der Waals surface area contributed by atoms with Gasteiger partial charge in [-0.1, -0.05) is 157 Å². The molecule has 0 rings (SSSR count). The maximum absolute atomic E-state index is 10.1. The largest absolute Gasteiger partial charge is 4.00 e. The van der Waals surface area contributed by atoms with Gasteiger partial charge in [0.15, 0.2) is 0 Å². The van der Waals surface area contributed by atoms with Gasteiger partial charge in [0.05, 0.1) is 26.4 Å². The zero-order valence-electron chi connectivity index (χ0n) is 32.1. The van der Waals surface area contributed by atoms with Crippen molar-refractivity contribution in [1.29, 1.82) is 0 Å². The number of rotatable bonds is 32. The van der Waals surface area contributed by atoms with Crippen molar-refractivity contribution in [3.05, 3.63) is 0 Å². The van der Waals surface area contributed by atoms with Crippen LogP contribution in [0.2, 0.25) is 0 Å². The number of hydrogen-bond donors (Lipinski definition) is 0. The molecule has 0 atom stereocenters. The van der Waals surface area contributed by atoms with Crippen molar-refractivity contribution >= 4 is 0 Å². The molecule has 0 radical (unpaired) electrons. The molecular weight excluding hydrogens is 676 g/mol. The van der Waals surface area contributed by atoms with E-state index in [9.17, 15) is 20.4 Å². The van der Waals surface area contributed by atoms with Crippen LogP contribution in [-0.4, -0.2) is 78.3 Å². The normalized spacial score (nSPS) is 10.5. The Morgan fingerprint density at radius 2 is 0.532 bits per heavy atom. The van der Waals surface area contributed by atoms with Gasteiger partial charge in [0.1, 0.15) is 0 Å². The van der Waals surface area contributed by atoms with E-state index in [4.69, 9.17) is 18.9 Å². The van der Waals surface area contributed by atoms with Gasteiger partial charge >= 0.3 is 26.2 Å². The van der Waals surface area contributed by atoms with Crippen molar-refractivity contribution < 1.29 is 65.6 Å². The standard InChI is InChI=1S/2C16H33O3.2C3H7O.Zr/c2*1-2-3-4-5-6-7-8-9-10-11-13-18-15-16-19-14-12-17;2*1-3(2)4;/h2*2-16H2,1H3;2*3H,1-2H3;/q4*-1;+4. The van der Waals surface area contributed by atoms with Crippen LogP contribution in [0.3, 0.4) is 0 Å². The Kier molecular flexibility index (Phi) is 71.2. The third-order valence-corrected chi connectivity index (χ3v) is 6.48. The first kappa shape index (κ1) is 56.9. The predicted octanol–water partition coefficient (Wildman–Crippen LogP) is 6.11. The molecule has 0 unspecified atom stereocenters. The van der Waals surface area contributed by atoms with Crippen LogP contribution in [0.25, 0.3) is 0 Å². The summed E-state index contributed by atoms with van der Waals surface area (Å²) >= 11 is 0. The van der Waals surface area contributed by atoms with Crippen LogP contribution < -0.4 is 20.4 Å². The van der Waals surface area contributed by atoms with Crippen LogP contribution in [0.1, 0.15) is 170 Å². The van der Waals surface area contributed by atoms with Crippen LogP contribution in [0.4, 0.5) is 0 Å². The predicted molar refractivity (Wildman–Crippen MR) is 187 cm³/mol. The first-order valence-corrected chi connectivity index (χ1v) is 19.1. The van der Waals surface area contributed by atoms with Crippen LogP contribution in [-0.2, 0) is 45.2 Å². The SMILES string of the molecule is CC(C)[O-].CC(C)[O-].CCCCCCCCCCCCOCCOCC[O-].CCCCCCCCCCCCOCCOCC[O-].[Zr+4]. The van der Waals surface area contributed by atoms with E-state index in [-0.39, 0.29) is 39.4 Å². The topological polar surface area (TPSA) is 129 Å². The summed E-state index contributed by atoms with van der Waals surface area (Å²) < 4.78 is 20.9. The van der Waals surface area contributed by atoms with Crippen molar-refractivity contribution in [3.63, 3.8) is 0 Å². The Morgan fingerprint density at radius 1 is 0.340 bits per heavy atom. The van der Waals surface area contributed by atoms with Gasteiger partial charge in [-0.2, -0.15) is 0 Å². The van der Waals surface area contributed by atoms with Gasteiger partial charge in [0.25, 0.3) is 0 Å². The summed E-state index contributed by atoms with van der Waals surface area (Å²) in [5.41, 5.74) is 0. The fourth-order valence-electron chi connectivity index (χ4n) is 4.14. The molecular formula is C38H80O8Zr. The minimum absolute atomic E-state index is 0. The fourth-order valence-corrected chi connectivity index (χ4v) is 4.14. The maximum atomic E-state index is 10.1. The molecule has 0 heterocycles. The van der Waals surface area contributed by atoms with E-state index in [1.54, 1.807) is 27.7 Å². The molecule has 0 aliphatic heterocycles. The molecule has 0 amide bonds. The molecule has 47 heavy (non-hydrogen) atoms. The van der Waals surface area contributed by atoms with Gasteiger partial charge in [0, 0.05) is 26.4 Å². The fraction of sp³-hybridized carbons (Fsp3) is 1.00. The van der Waals surface area contributed by atoms with E-state index in [0.29, 0.717) is 39.6 Å². The summed E-state index contributed by atoms with van der Waals surface area (Å²) in [6.45, 7) is 15.3. The first-order valence-electron chi connectivity index (χ1n) is 19.1. The third-order valence-electron chi connectivity index (χ3n) is 6.48. The molecule has 0 spiro atoms. The average molecular weight is 756 g/mol. The van der Waals surface area contributed by atoms with E-state index in [0.717, 1.165) is 26.1 Å². The molecule has 0 saturated carbocycles. The van der Waals surface area contributed by atoms with E-state index >= 15 is 0 Å². The number of ether oxygens (including phenoxy) is 4. The van der Waals surface area contributed by atoms with Crippen LogP contribution in [0, 0.1) is 0 Å². The van der Waals surface area contributed by atoms with E-state index in [1.165, 1.54) is 116 Å². The van der Waals surface area contributed by atoms with Gasteiger partial charge in [0.2, 0.25) is 0 Å². The van der Waals surface area contributed by atoms with Crippen molar-refractivity contribution in [2.45, 2.75) is 182 Å². The molecule has 0 saturated heterocycles. The molecule has 0 aromatic carbocycles. The van der Waals surface area contributed by atoms with Gasteiger partial charge in [-0.3, -0.25) is 0 Å². The smallest absolute Gasteiger partial charge is 0.853 e. The summed E-state index contributed by atoms with van der Waals surface area (Å²) in [6, 6.07) is 0. The second-order valence-corrected chi connectivity index (χ2v) is 12.3. The van der Waals surface area contributed by atoms with Crippen LogP contribution >= 0.6 is 0 Å². The van der Waals surface area contributed by atoms with Crippen LogP contribution in [0.5, 0.6) is 0 Å².